The minimum atomic E-state index is -0.0393. The highest BCUT2D eigenvalue weighted by Gasteiger charge is 2.26. The van der Waals surface area contributed by atoms with E-state index in [2.05, 4.69) is 34.6 Å². The van der Waals surface area contributed by atoms with Crippen LogP contribution in [0.3, 0.4) is 0 Å². The van der Waals surface area contributed by atoms with Crippen LogP contribution in [0.5, 0.6) is 5.75 Å². The number of carbonyl (C=O) groups is 1. The topological polar surface area (TPSA) is 66.0 Å². The first kappa shape index (κ1) is 25.0. The van der Waals surface area contributed by atoms with Gasteiger partial charge in [-0.05, 0) is 55.7 Å². The molecule has 2 aromatic rings. The Morgan fingerprint density at radius 3 is 2.35 bits per heavy atom. The van der Waals surface area contributed by atoms with Crippen LogP contribution >= 0.6 is 24.0 Å². The van der Waals surface area contributed by atoms with Crippen LogP contribution in [0, 0.1) is 0 Å². The third kappa shape index (κ3) is 6.85. The van der Waals surface area contributed by atoms with Gasteiger partial charge in [0.2, 0.25) is 0 Å². The molecular formula is C24H33IN4O2. The second kappa shape index (κ2) is 12.5. The molecule has 6 nitrogen and oxygen atoms in total. The van der Waals surface area contributed by atoms with Gasteiger partial charge in [0, 0.05) is 37.7 Å². The van der Waals surface area contributed by atoms with E-state index < -0.39 is 0 Å². The first-order chi connectivity index (χ1) is 14.6. The number of aliphatic imine (C=N–C) groups is 1. The van der Waals surface area contributed by atoms with Gasteiger partial charge in [0.25, 0.3) is 5.91 Å². The van der Waals surface area contributed by atoms with Crippen LogP contribution < -0.4 is 15.4 Å². The Morgan fingerprint density at radius 2 is 1.74 bits per heavy atom. The lowest BCUT2D eigenvalue weighted by molar-refractivity contribution is 0.0956. The number of halogens is 1. The van der Waals surface area contributed by atoms with Crippen molar-refractivity contribution in [2.24, 2.45) is 4.99 Å². The molecule has 0 aliphatic carbocycles. The van der Waals surface area contributed by atoms with E-state index in [9.17, 15) is 4.79 Å². The van der Waals surface area contributed by atoms with Gasteiger partial charge in [-0.25, -0.2) is 4.99 Å². The van der Waals surface area contributed by atoms with Gasteiger partial charge in [0.05, 0.1) is 13.7 Å². The third-order valence-corrected chi connectivity index (χ3v) is 5.37. The lowest BCUT2D eigenvalue weighted by atomic mass is 9.98. The zero-order valence-corrected chi connectivity index (χ0v) is 20.9. The van der Waals surface area contributed by atoms with E-state index in [1.165, 1.54) is 5.56 Å². The van der Waals surface area contributed by atoms with Crippen molar-refractivity contribution in [1.29, 1.82) is 0 Å². The molecule has 0 spiro atoms. The number of methoxy groups -OCH3 is 1. The van der Waals surface area contributed by atoms with Crippen LogP contribution in [-0.2, 0) is 6.54 Å². The number of hydrogen-bond acceptors (Lipinski definition) is 3. The Balaban J connectivity index is 0.00000341. The number of hydrogen-bond donors (Lipinski definition) is 2. The SMILES string of the molecule is CCNC(=O)c1ccc(CN=C(NCC)N2CCC(c3ccc(OC)cc3)C2)cc1.I. The molecule has 168 valence electrons. The number of benzene rings is 2. The monoisotopic (exact) mass is 536 g/mol. The number of amides is 1. The molecule has 1 saturated heterocycles. The third-order valence-electron chi connectivity index (χ3n) is 5.37. The van der Waals surface area contributed by atoms with Gasteiger partial charge in [-0.3, -0.25) is 4.79 Å². The predicted molar refractivity (Wildman–Crippen MR) is 137 cm³/mol. The summed E-state index contributed by atoms with van der Waals surface area (Å²) in [6, 6.07) is 16.0. The quantitative estimate of drug-likeness (QED) is 0.319. The molecule has 1 heterocycles. The molecular weight excluding hydrogens is 503 g/mol. The van der Waals surface area contributed by atoms with Crippen LogP contribution in [0.1, 0.15) is 47.7 Å². The van der Waals surface area contributed by atoms with Crippen molar-refractivity contribution in [3.05, 3.63) is 65.2 Å². The molecule has 0 saturated carbocycles. The Bertz CT molecular complexity index is 853. The maximum absolute atomic E-state index is 11.9. The lowest BCUT2D eigenvalue weighted by Gasteiger charge is -2.22. The molecule has 0 bridgehead atoms. The first-order valence-corrected chi connectivity index (χ1v) is 10.7. The molecule has 31 heavy (non-hydrogen) atoms. The summed E-state index contributed by atoms with van der Waals surface area (Å²) in [7, 11) is 1.69. The highest BCUT2D eigenvalue weighted by atomic mass is 127. The number of likely N-dealkylation sites (tertiary alicyclic amines) is 1. The molecule has 2 aromatic carbocycles. The fraction of sp³-hybridized carbons (Fsp3) is 0.417. The number of rotatable bonds is 7. The van der Waals surface area contributed by atoms with Crippen LogP contribution in [-0.4, -0.2) is 50.1 Å². The number of nitrogens with zero attached hydrogens (tertiary/aromatic N) is 2. The second-order valence-corrected chi connectivity index (χ2v) is 7.43. The van der Waals surface area contributed by atoms with E-state index in [4.69, 9.17) is 9.73 Å². The summed E-state index contributed by atoms with van der Waals surface area (Å²) < 4.78 is 5.27. The number of ether oxygens (including phenoxy) is 1. The molecule has 0 aromatic heterocycles. The standard InChI is InChI=1S/C24H32N4O2.HI/c1-4-25-23(29)20-8-6-18(7-9-20)16-27-24(26-5-2)28-15-14-21(17-28)19-10-12-22(30-3)13-11-19;/h6-13,21H,4-5,14-17H2,1-3H3,(H,25,29)(H,26,27);1H. The van der Waals surface area contributed by atoms with E-state index in [1.54, 1.807) is 7.11 Å². The lowest BCUT2D eigenvalue weighted by Crippen LogP contribution is -2.40. The summed E-state index contributed by atoms with van der Waals surface area (Å²) in [5.41, 5.74) is 3.11. The normalized spacial score (nSPS) is 15.9. The fourth-order valence-electron chi connectivity index (χ4n) is 3.72. The Kier molecular flexibility index (Phi) is 10.1. The smallest absolute Gasteiger partial charge is 0.251 e. The molecule has 1 amide bonds. The maximum atomic E-state index is 11.9. The van der Waals surface area contributed by atoms with Crippen molar-refractivity contribution >= 4 is 35.8 Å². The minimum absolute atomic E-state index is 0. The Labute approximate surface area is 202 Å². The van der Waals surface area contributed by atoms with Crippen molar-refractivity contribution in [3.63, 3.8) is 0 Å². The Hall–Kier alpha value is -2.29. The molecule has 1 unspecified atom stereocenters. The minimum Gasteiger partial charge on any atom is -0.497 e. The highest BCUT2D eigenvalue weighted by molar-refractivity contribution is 14.0. The molecule has 1 aliphatic heterocycles. The zero-order chi connectivity index (χ0) is 21.3. The molecule has 0 radical (unpaired) electrons. The van der Waals surface area contributed by atoms with Crippen LogP contribution in [0.15, 0.2) is 53.5 Å². The molecule has 1 aliphatic rings. The number of carbonyl (C=O) groups excluding carboxylic acids is 1. The predicted octanol–water partition coefficient (Wildman–Crippen LogP) is 4.02. The molecule has 1 atom stereocenters. The summed E-state index contributed by atoms with van der Waals surface area (Å²) in [5.74, 6) is 2.29. The van der Waals surface area contributed by atoms with Gasteiger partial charge in [0.15, 0.2) is 5.96 Å². The summed E-state index contributed by atoms with van der Waals surface area (Å²) in [4.78, 5) is 19.1. The van der Waals surface area contributed by atoms with Gasteiger partial charge in [-0.2, -0.15) is 0 Å². The first-order valence-electron chi connectivity index (χ1n) is 10.7. The van der Waals surface area contributed by atoms with Crippen molar-refractivity contribution in [2.45, 2.75) is 32.7 Å². The van der Waals surface area contributed by atoms with Crippen LogP contribution in [0.2, 0.25) is 0 Å². The summed E-state index contributed by atoms with van der Waals surface area (Å²) in [5, 5.41) is 6.24. The Morgan fingerprint density at radius 1 is 1.06 bits per heavy atom. The van der Waals surface area contributed by atoms with Gasteiger partial charge in [-0.15, -0.1) is 24.0 Å². The molecule has 7 heteroatoms. The van der Waals surface area contributed by atoms with E-state index in [1.807, 2.05) is 43.3 Å². The van der Waals surface area contributed by atoms with Crippen molar-refractivity contribution in [1.82, 2.24) is 15.5 Å². The van der Waals surface area contributed by atoms with Crippen LogP contribution in [0.4, 0.5) is 0 Å². The number of nitrogens with one attached hydrogen (secondary N) is 2. The summed E-state index contributed by atoms with van der Waals surface area (Å²) in [6.07, 6.45) is 1.11. The molecule has 3 rings (SSSR count). The zero-order valence-electron chi connectivity index (χ0n) is 18.6. The van der Waals surface area contributed by atoms with Crippen molar-refractivity contribution in [2.75, 3.05) is 33.3 Å². The molecule has 2 N–H and O–H groups in total. The van der Waals surface area contributed by atoms with E-state index in [-0.39, 0.29) is 29.9 Å². The van der Waals surface area contributed by atoms with E-state index >= 15 is 0 Å². The van der Waals surface area contributed by atoms with E-state index in [0.29, 0.717) is 24.6 Å². The number of guanidine groups is 1. The summed E-state index contributed by atoms with van der Waals surface area (Å²) >= 11 is 0. The van der Waals surface area contributed by atoms with Crippen molar-refractivity contribution < 1.29 is 9.53 Å². The average molecular weight is 536 g/mol. The van der Waals surface area contributed by atoms with Gasteiger partial charge in [-0.1, -0.05) is 24.3 Å². The highest BCUT2D eigenvalue weighted by Crippen LogP contribution is 2.28. The van der Waals surface area contributed by atoms with Crippen molar-refractivity contribution in [3.8, 4) is 5.75 Å². The van der Waals surface area contributed by atoms with Crippen LogP contribution in [0.25, 0.3) is 0 Å². The van der Waals surface area contributed by atoms with Gasteiger partial charge in [0.1, 0.15) is 5.75 Å². The van der Waals surface area contributed by atoms with E-state index in [0.717, 1.165) is 43.3 Å². The second-order valence-electron chi connectivity index (χ2n) is 7.43. The maximum Gasteiger partial charge on any atom is 0.251 e. The van der Waals surface area contributed by atoms with Gasteiger partial charge < -0.3 is 20.3 Å². The van der Waals surface area contributed by atoms with Gasteiger partial charge >= 0.3 is 0 Å². The summed E-state index contributed by atoms with van der Waals surface area (Å²) in [6.45, 7) is 7.99. The average Bonchev–Trinajstić information content (AvgIpc) is 3.27. The molecule has 1 fully saturated rings. The fourth-order valence-corrected chi connectivity index (χ4v) is 3.72. The largest absolute Gasteiger partial charge is 0.497 e.